The number of alkyl halides is 1. The van der Waals surface area contributed by atoms with Crippen LogP contribution in [0.5, 0.6) is 0 Å². The Balaban J connectivity index is 0.00000162. The molecule has 0 aliphatic rings. The topological polar surface area (TPSA) is 52.0 Å². The second-order valence-electron chi connectivity index (χ2n) is 4.37. The average Bonchev–Trinajstić information content (AvgIpc) is 2.39. The van der Waals surface area contributed by atoms with Gasteiger partial charge in [-0.25, -0.2) is 4.39 Å². The number of hydrogen-bond donors (Lipinski definition) is 2. The average molecular weight is 305 g/mol. The van der Waals surface area contributed by atoms with Crippen molar-refractivity contribution in [3.63, 3.8) is 0 Å². The summed E-state index contributed by atoms with van der Waals surface area (Å²) >= 11 is 0. The fourth-order valence-corrected chi connectivity index (χ4v) is 2.02. The summed E-state index contributed by atoms with van der Waals surface area (Å²) in [4.78, 5) is 0. The Bertz CT molecular complexity index is 510. The molecule has 0 fully saturated rings. The van der Waals surface area contributed by atoms with E-state index in [0.29, 0.717) is 0 Å². The zero-order chi connectivity index (χ0) is 12.3. The molecule has 0 atom stereocenters. The van der Waals surface area contributed by atoms with Gasteiger partial charge < -0.3 is 11.5 Å². The molecule has 4 N–H and O–H groups in total. The second-order valence-corrected chi connectivity index (χ2v) is 4.37. The standard InChI is InChI=1S/C14H17FN2.2ClH/c15-14(9-16,10-17)8-12-6-3-5-11-4-1-2-7-13(11)12;;/h1-7H,8-10,16-17H2;2*1H. The van der Waals surface area contributed by atoms with Crippen molar-refractivity contribution in [2.75, 3.05) is 13.1 Å². The predicted molar refractivity (Wildman–Crippen MR) is 84.1 cm³/mol. The molecule has 0 amide bonds. The van der Waals surface area contributed by atoms with E-state index in [9.17, 15) is 4.39 Å². The van der Waals surface area contributed by atoms with Gasteiger partial charge in [0, 0.05) is 19.5 Å². The molecule has 2 nitrogen and oxygen atoms in total. The Morgan fingerprint density at radius 2 is 1.47 bits per heavy atom. The highest BCUT2D eigenvalue weighted by Gasteiger charge is 2.26. The van der Waals surface area contributed by atoms with Crippen LogP contribution < -0.4 is 11.5 Å². The highest BCUT2D eigenvalue weighted by Crippen LogP contribution is 2.23. The lowest BCUT2D eigenvalue weighted by Gasteiger charge is -2.22. The third kappa shape index (κ3) is 4.05. The van der Waals surface area contributed by atoms with E-state index in [4.69, 9.17) is 11.5 Å². The van der Waals surface area contributed by atoms with Crippen LogP contribution in [0.2, 0.25) is 0 Å². The van der Waals surface area contributed by atoms with Gasteiger partial charge in [-0.15, -0.1) is 24.8 Å². The van der Waals surface area contributed by atoms with Crippen molar-refractivity contribution in [1.29, 1.82) is 0 Å². The molecule has 2 aromatic carbocycles. The zero-order valence-electron chi connectivity index (χ0n) is 10.5. The first kappa shape index (κ1) is 18.1. The number of fused-ring (bicyclic) bond motifs is 1. The molecule has 2 rings (SSSR count). The van der Waals surface area contributed by atoms with Crippen LogP contribution in [0.25, 0.3) is 10.8 Å². The molecule has 2 aromatic rings. The molecule has 5 heteroatoms. The van der Waals surface area contributed by atoms with Gasteiger partial charge >= 0.3 is 0 Å². The summed E-state index contributed by atoms with van der Waals surface area (Å²) in [5.41, 5.74) is 10.4. The molecule has 0 radical (unpaired) electrons. The van der Waals surface area contributed by atoms with Gasteiger partial charge in [0.25, 0.3) is 0 Å². The van der Waals surface area contributed by atoms with Crippen molar-refractivity contribution in [3.05, 3.63) is 48.0 Å². The van der Waals surface area contributed by atoms with Crippen LogP contribution in [0.4, 0.5) is 4.39 Å². The van der Waals surface area contributed by atoms with E-state index in [1.165, 1.54) is 0 Å². The summed E-state index contributed by atoms with van der Waals surface area (Å²) < 4.78 is 14.2. The Labute approximate surface area is 125 Å². The first-order valence-corrected chi connectivity index (χ1v) is 5.74. The van der Waals surface area contributed by atoms with E-state index >= 15 is 0 Å². The molecule has 0 aliphatic heterocycles. The van der Waals surface area contributed by atoms with Crippen molar-refractivity contribution in [3.8, 4) is 0 Å². The van der Waals surface area contributed by atoms with Gasteiger partial charge in [-0.05, 0) is 16.3 Å². The normalized spacial score (nSPS) is 10.7. The number of rotatable bonds is 4. The molecule has 0 unspecified atom stereocenters. The van der Waals surface area contributed by atoms with Crippen molar-refractivity contribution >= 4 is 35.6 Å². The molecular formula is C14H19Cl2FN2. The van der Waals surface area contributed by atoms with Gasteiger partial charge in [0.15, 0.2) is 0 Å². The second kappa shape index (κ2) is 7.65. The summed E-state index contributed by atoms with van der Waals surface area (Å²) in [7, 11) is 0. The first-order chi connectivity index (χ1) is 8.18. The Hall–Kier alpha value is -0.870. The van der Waals surface area contributed by atoms with Crippen LogP contribution in [-0.2, 0) is 6.42 Å². The molecule has 0 aromatic heterocycles. The summed E-state index contributed by atoms with van der Waals surface area (Å²) in [6.07, 6.45) is 0.265. The lowest BCUT2D eigenvalue weighted by atomic mass is 9.93. The highest BCUT2D eigenvalue weighted by molar-refractivity contribution is 5.86. The van der Waals surface area contributed by atoms with Gasteiger partial charge in [-0.3, -0.25) is 0 Å². The number of benzene rings is 2. The fourth-order valence-electron chi connectivity index (χ4n) is 2.02. The molecule has 0 aliphatic carbocycles. The van der Waals surface area contributed by atoms with Gasteiger partial charge in [0.2, 0.25) is 0 Å². The zero-order valence-corrected chi connectivity index (χ0v) is 12.1. The summed E-state index contributed by atoms with van der Waals surface area (Å²) in [5, 5.41) is 2.18. The maximum Gasteiger partial charge on any atom is 0.139 e. The molecule has 106 valence electrons. The maximum absolute atomic E-state index is 14.2. The van der Waals surface area contributed by atoms with Crippen LogP contribution in [0.3, 0.4) is 0 Å². The minimum absolute atomic E-state index is 0. The predicted octanol–water partition coefficient (Wildman–Crippen LogP) is 2.85. The Kier molecular flexibility index (Phi) is 7.30. The van der Waals surface area contributed by atoms with Gasteiger partial charge in [0.1, 0.15) is 5.67 Å². The highest BCUT2D eigenvalue weighted by atomic mass is 35.5. The number of halogens is 3. The summed E-state index contributed by atoms with van der Waals surface area (Å²) in [5.74, 6) is 0. The van der Waals surface area contributed by atoms with Crippen LogP contribution in [0.1, 0.15) is 5.56 Å². The lowest BCUT2D eigenvalue weighted by molar-refractivity contribution is 0.184. The number of hydrogen-bond acceptors (Lipinski definition) is 2. The van der Waals surface area contributed by atoms with Crippen LogP contribution >= 0.6 is 24.8 Å². The van der Waals surface area contributed by atoms with Crippen molar-refractivity contribution in [2.45, 2.75) is 12.1 Å². The van der Waals surface area contributed by atoms with E-state index in [1.54, 1.807) is 0 Å². The molecule has 0 spiro atoms. The van der Waals surface area contributed by atoms with E-state index < -0.39 is 5.67 Å². The smallest absolute Gasteiger partial charge is 0.139 e. The lowest BCUT2D eigenvalue weighted by Crippen LogP contribution is -2.42. The van der Waals surface area contributed by atoms with E-state index in [-0.39, 0.29) is 44.3 Å². The molecule has 19 heavy (non-hydrogen) atoms. The van der Waals surface area contributed by atoms with Crippen LogP contribution in [0.15, 0.2) is 42.5 Å². The Morgan fingerprint density at radius 1 is 0.895 bits per heavy atom. The van der Waals surface area contributed by atoms with Crippen LogP contribution in [-0.4, -0.2) is 18.8 Å². The van der Waals surface area contributed by atoms with Gasteiger partial charge in [-0.2, -0.15) is 0 Å². The summed E-state index contributed by atoms with van der Waals surface area (Å²) in [6.45, 7) is -0.0978. The van der Waals surface area contributed by atoms with E-state index in [1.807, 2.05) is 42.5 Å². The van der Waals surface area contributed by atoms with Crippen molar-refractivity contribution in [2.24, 2.45) is 11.5 Å². The largest absolute Gasteiger partial charge is 0.327 e. The molecule has 0 heterocycles. The van der Waals surface area contributed by atoms with Crippen molar-refractivity contribution < 1.29 is 4.39 Å². The summed E-state index contributed by atoms with van der Waals surface area (Å²) in [6, 6.07) is 13.8. The molecular weight excluding hydrogens is 286 g/mol. The molecule has 0 bridgehead atoms. The molecule has 0 saturated carbocycles. The minimum atomic E-state index is -1.51. The van der Waals surface area contributed by atoms with E-state index in [2.05, 4.69) is 0 Å². The third-order valence-corrected chi connectivity index (χ3v) is 3.12. The van der Waals surface area contributed by atoms with Crippen molar-refractivity contribution in [1.82, 2.24) is 0 Å². The maximum atomic E-state index is 14.2. The van der Waals surface area contributed by atoms with E-state index in [0.717, 1.165) is 16.3 Å². The molecule has 0 saturated heterocycles. The van der Waals surface area contributed by atoms with Gasteiger partial charge in [0.05, 0.1) is 0 Å². The quantitative estimate of drug-likeness (QED) is 0.912. The first-order valence-electron chi connectivity index (χ1n) is 5.74. The number of nitrogens with two attached hydrogens (primary N) is 2. The Morgan fingerprint density at radius 3 is 2.11 bits per heavy atom. The SMILES string of the molecule is Cl.Cl.NCC(F)(CN)Cc1cccc2ccccc12. The monoisotopic (exact) mass is 304 g/mol. The van der Waals surface area contributed by atoms with Crippen LogP contribution in [0, 0.1) is 0 Å². The minimum Gasteiger partial charge on any atom is -0.327 e. The fraction of sp³-hybridized carbons (Fsp3) is 0.286. The third-order valence-electron chi connectivity index (χ3n) is 3.12. The van der Waals surface area contributed by atoms with Gasteiger partial charge in [-0.1, -0.05) is 42.5 Å².